The molecule has 0 radical (unpaired) electrons. The van der Waals surface area contributed by atoms with Crippen molar-refractivity contribution in [3.63, 3.8) is 0 Å². The van der Waals surface area contributed by atoms with Gasteiger partial charge in [0.25, 0.3) is 0 Å². The highest BCUT2D eigenvalue weighted by atomic mass is 79.9. The van der Waals surface area contributed by atoms with E-state index in [0.717, 1.165) is 42.7 Å². The number of hydrogen-bond acceptors (Lipinski definition) is 5. The average Bonchev–Trinajstić information content (AvgIpc) is 3.36. The number of phenolic OH excluding ortho intramolecular Hbond substituents is 1. The number of carbonyl (C=O) groups is 3. The van der Waals surface area contributed by atoms with Crippen LogP contribution in [0.1, 0.15) is 62.5 Å². The van der Waals surface area contributed by atoms with Gasteiger partial charge in [-0.15, -0.1) is 0 Å². The predicted octanol–water partition coefficient (Wildman–Crippen LogP) is 5.92. The van der Waals surface area contributed by atoms with Gasteiger partial charge < -0.3 is 35.3 Å². The minimum Gasteiger partial charge on any atom is -0.506 e. The van der Waals surface area contributed by atoms with Crippen LogP contribution >= 0.6 is 31.9 Å². The molecular formula is C34H44Br2N6O4. The molecule has 0 aliphatic carbocycles. The minimum atomic E-state index is -0.743. The van der Waals surface area contributed by atoms with Crippen LogP contribution in [0, 0.1) is 0 Å². The Hall–Kier alpha value is -2.83. The molecule has 4 aliphatic rings. The van der Waals surface area contributed by atoms with Crippen LogP contribution in [-0.2, 0) is 17.8 Å². The van der Waals surface area contributed by atoms with Crippen molar-refractivity contribution in [1.29, 1.82) is 0 Å². The molecule has 0 bridgehead atoms. The number of carbonyl (C=O) groups excluding carboxylic acids is 3. The molecule has 6 rings (SSSR count). The van der Waals surface area contributed by atoms with E-state index < -0.39 is 6.04 Å². The molecule has 0 saturated carbocycles. The second-order valence-electron chi connectivity index (χ2n) is 13.1. The van der Waals surface area contributed by atoms with E-state index in [2.05, 4.69) is 47.4 Å². The summed E-state index contributed by atoms with van der Waals surface area (Å²) in [5.41, 5.74) is 2.77. The molecule has 12 heteroatoms. The first-order valence-electron chi connectivity index (χ1n) is 16.7. The Morgan fingerprint density at radius 3 is 2.15 bits per heavy atom. The molecule has 2 aromatic carbocycles. The summed E-state index contributed by atoms with van der Waals surface area (Å²) in [5.74, 6) is 0.0292. The third-order valence-corrected chi connectivity index (χ3v) is 11.3. The predicted molar refractivity (Wildman–Crippen MR) is 185 cm³/mol. The lowest BCUT2D eigenvalue weighted by Gasteiger charge is -2.41. The Morgan fingerprint density at radius 2 is 1.48 bits per heavy atom. The number of likely N-dealkylation sites (tertiary alicyclic amines) is 3. The summed E-state index contributed by atoms with van der Waals surface area (Å²) < 4.78 is 1.05. The normalized spacial score (nSPS) is 20.9. The standard InChI is InChI=1S/C34H44Br2N6O4/c35-27-19-23(20-28(36)31(27)43)21-30(32(44)40-15-9-25(10-16-40)39-13-5-1-2-6-14-39)38-33(45)41-17-11-26(12-18-41)42-22-24-7-3-4-8-29(24)37-34(42)46/h3-4,7-8,19-20,25-26,30,43H,1-2,5-6,9-18,21-22H2,(H,37,46)(H,38,45)/t30-/m0/s1. The molecule has 4 heterocycles. The molecule has 0 unspecified atom stereocenters. The van der Waals surface area contributed by atoms with Crippen molar-refractivity contribution in [2.75, 3.05) is 44.6 Å². The van der Waals surface area contributed by atoms with Crippen molar-refractivity contribution in [1.82, 2.24) is 24.9 Å². The van der Waals surface area contributed by atoms with E-state index in [0.29, 0.717) is 67.0 Å². The van der Waals surface area contributed by atoms with Gasteiger partial charge in [-0.2, -0.15) is 0 Å². The molecular weight excluding hydrogens is 716 g/mol. The summed E-state index contributed by atoms with van der Waals surface area (Å²) in [7, 11) is 0. The molecule has 0 aromatic heterocycles. The highest BCUT2D eigenvalue weighted by Crippen LogP contribution is 2.34. The summed E-state index contributed by atoms with van der Waals surface area (Å²) in [5, 5.41) is 16.3. The Bertz CT molecular complexity index is 1400. The molecule has 46 heavy (non-hydrogen) atoms. The molecule has 0 spiro atoms. The smallest absolute Gasteiger partial charge is 0.322 e. The van der Waals surface area contributed by atoms with E-state index in [1.807, 2.05) is 34.1 Å². The Labute approximate surface area is 288 Å². The highest BCUT2D eigenvalue weighted by molar-refractivity contribution is 9.11. The van der Waals surface area contributed by atoms with Crippen LogP contribution < -0.4 is 10.6 Å². The molecule has 4 aliphatic heterocycles. The highest BCUT2D eigenvalue weighted by Gasteiger charge is 2.35. The number of nitrogens with zero attached hydrogens (tertiary/aromatic N) is 4. The number of para-hydroxylation sites is 1. The average molecular weight is 761 g/mol. The number of phenols is 1. The van der Waals surface area contributed by atoms with Gasteiger partial charge in [0, 0.05) is 56.9 Å². The third-order valence-electron chi connectivity index (χ3n) is 10.1. The van der Waals surface area contributed by atoms with Crippen molar-refractivity contribution in [2.24, 2.45) is 0 Å². The number of anilines is 1. The Balaban J connectivity index is 1.09. The largest absolute Gasteiger partial charge is 0.506 e. The van der Waals surface area contributed by atoms with Crippen molar-refractivity contribution in [3.8, 4) is 5.75 Å². The molecule has 3 fully saturated rings. The fraction of sp³-hybridized carbons (Fsp3) is 0.559. The van der Waals surface area contributed by atoms with E-state index in [-0.39, 0.29) is 29.8 Å². The van der Waals surface area contributed by atoms with Crippen molar-refractivity contribution in [2.45, 2.75) is 82.5 Å². The summed E-state index contributed by atoms with van der Waals surface area (Å²) >= 11 is 6.81. The van der Waals surface area contributed by atoms with E-state index in [4.69, 9.17) is 0 Å². The summed E-state index contributed by atoms with van der Waals surface area (Å²) in [6, 6.07) is 10.9. The number of urea groups is 2. The second kappa shape index (κ2) is 14.9. The van der Waals surface area contributed by atoms with Crippen LogP contribution in [-0.4, -0.2) is 100 Å². The van der Waals surface area contributed by atoms with Gasteiger partial charge in [-0.05, 0) is 113 Å². The second-order valence-corrected chi connectivity index (χ2v) is 14.8. The van der Waals surface area contributed by atoms with Gasteiger partial charge in [-0.3, -0.25) is 4.79 Å². The first kappa shape index (κ1) is 33.1. The zero-order chi connectivity index (χ0) is 32.2. The number of aromatic hydroxyl groups is 1. The summed E-state index contributed by atoms with van der Waals surface area (Å²) in [6.45, 7) is 5.22. The first-order chi connectivity index (χ1) is 22.3. The van der Waals surface area contributed by atoms with E-state index in [9.17, 15) is 19.5 Å². The number of nitrogens with one attached hydrogen (secondary N) is 2. The van der Waals surface area contributed by atoms with Crippen molar-refractivity contribution in [3.05, 3.63) is 56.5 Å². The Kier molecular flexibility index (Phi) is 10.7. The first-order valence-corrected chi connectivity index (χ1v) is 18.3. The fourth-order valence-corrected chi connectivity index (χ4v) is 8.72. The topological polar surface area (TPSA) is 108 Å². The number of rotatable bonds is 6. The summed E-state index contributed by atoms with van der Waals surface area (Å²) in [6.07, 6.45) is 8.65. The lowest BCUT2D eigenvalue weighted by Crippen LogP contribution is -2.57. The fourth-order valence-electron chi connectivity index (χ4n) is 7.44. The maximum atomic E-state index is 14.0. The van der Waals surface area contributed by atoms with Gasteiger partial charge in [0.05, 0.1) is 8.95 Å². The molecule has 3 N–H and O–H groups in total. The van der Waals surface area contributed by atoms with E-state index >= 15 is 0 Å². The molecule has 3 saturated heterocycles. The number of hydrogen-bond donors (Lipinski definition) is 3. The monoisotopic (exact) mass is 758 g/mol. The maximum Gasteiger partial charge on any atom is 0.322 e. The van der Waals surface area contributed by atoms with Gasteiger partial charge in [0.1, 0.15) is 11.8 Å². The number of amides is 5. The van der Waals surface area contributed by atoms with Crippen LogP contribution in [0.3, 0.4) is 0 Å². The number of piperidine rings is 2. The quantitative estimate of drug-likeness (QED) is 0.339. The van der Waals surface area contributed by atoms with Crippen molar-refractivity contribution >= 4 is 55.5 Å². The number of benzene rings is 2. The van der Waals surface area contributed by atoms with Gasteiger partial charge in [-0.25, -0.2) is 9.59 Å². The SMILES string of the molecule is O=C(N[C@@H](Cc1cc(Br)c(O)c(Br)c1)C(=O)N1CCC(N2CCCCCC2)CC1)N1CCC(N2Cc3ccccc3NC2=O)CC1. The zero-order valence-electron chi connectivity index (χ0n) is 26.2. The third kappa shape index (κ3) is 7.65. The maximum absolute atomic E-state index is 14.0. The zero-order valence-corrected chi connectivity index (χ0v) is 29.4. The molecule has 5 amide bonds. The van der Waals surface area contributed by atoms with Gasteiger partial charge in [-0.1, -0.05) is 31.0 Å². The van der Waals surface area contributed by atoms with Gasteiger partial charge >= 0.3 is 12.1 Å². The lowest BCUT2D eigenvalue weighted by molar-refractivity contribution is -0.134. The molecule has 1 atom stereocenters. The van der Waals surface area contributed by atoms with Crippen LogP contribution in [0.5, 0.6) is 5.75 Å². The van der Waals surface area contributed by atoms with Crippen LogP contribution in [0.25, 0.3) is 0 Å². The summed E-state index contributed by atoms with van der Waals surface area (Å²) in [4.78, 5) is 48.8. The van der Waals surface area contributed by atoms with Gasteiger partial charge in [0.15, 0.2) is 0 Å². The minimum absolute atomic E-state index is 0.0343. The van der Waals surface area contributed by atoms with Crippen molar-refractivity contribution < 1.29 is 19.5 Å². The lowest BCUT2D eigenvalue weighted by atomic mass is 9.99. The van der Waals surface area contributed by atoms with Crippen LogP contribution in [0.4, 0.5) is 15.3 Å². The van der Waals surface area contributed by atoms with E-state index in [1.54, 1.807) is 17.0 Å². The Morgan fingerprint density at radius 1 is 0.870 bits per heavy atom. The van der Waals surface area contributed by atoms with Crippen LogP contribution in [0.2, 0.25) is 0 Å². The van der Waals surface area contributed by atoms with E-state index in [1.165, 1.54) is 25.7 Å². The van der Waals surface area contributed by atoms with Gasteiger partial charge in [0.2, 0.25) is 5.91 Å². The molecule has 2 aromatic rings. The number of halogens is 2. The van der Waals surface area contributed by atoms with Crippen LogP contribution in [0.15, 0.2) is 45.3 Å². The number of fused-ring (bicyclic) bond motifs is 1. The molecule has 248 valence electrons. The molecule has 10 nitrogen and oxygen atoms in total.